The summed E-state index contributed by atoms with van der Waals surface area (Å²) in [5, 5.41) is 9.68. The summed E-state index contributed by atoms with van der Waals surface area (Å²) in [5.74, 6) is -0.480. The van der Waals surface area contributed by atoms with Crippen molar-refractivity contribution < 1.29 is 14.6 Å². The molecule has 0 aromatic carbocycles. The van der Waals surface area contributed by atoms with E-state index in [4.69, 9.17) is 9.84 Å². The molecule has 0 heterocycles. The summed E-state index contributed by atoms with van der Waals surface area (Å²) < 4.78 is 4.75. The molecule has 0 radical (unpaired) electrons. The van der Waals surface area contributed by atoms with Gasteiger partial charge in [-0.2, -0.15) is 0 Å². The van der Waals surface area contributed by atoms with Gasteiger partial charge in [-0.05, 0) is 18.2 Å². The zero-order valence-electron chi connectivity index (χ0n) is 6.56. The molecule has 12 heavy (non-hydrogen) atoms. The Labute approximate surface area is 82.6 Å². The first-order chi connectivity index (χ1) is 5.72. The van der Waals surface area contributed by atoms with Crippen LogP contribution in [0.15, 0.2) is 10.3 Å². The predicted octanol–water partition coefficient (Wildman–Crippen LogP) is 1.00. The number of esters is 1. The van der Waals surface area contributed by atoms with Crippen molar-refractivity contribution in [2.45, 2.75) is 12.8 Å². The van der Waals surface area contributed by atoms with Crippen molar-refractivity contribution in [3.63, 3.8) is 0 Å². The maximum atomic E-state index is 10.9. The third-order valence-corrected chi connectivity index (χ3v) is 1.89. The molecule has 0 saturated heterocycles. The van der Waals surface area contributed by atoms with Crippen LogP contribution in [0.25, 0.3) is 0 Å². The summed E-state index contributed by atoms with van der Waals surface area (Å²) >= 11 is 7.55. The predicted molar refractivity (Wildman–Crippen MR) is 53.3 cm³/mol. The number of aliphatic hydroxyl groups is 1. The molecule has 0 amide bonds. The van der Waals surface area contributed by atoms with E-state index >= 15 is 0 Å². The molecule has 0 saturated carbocycles. The Hall–Kier alpha value is -0.130. The van der Waals surface area contributed by atoms with Crippen molar-refractivity contribution >= 4 is 31.2 Å². The number of hydrogen-bond acceptors (Lipinski definition) is 5. The summed E-state index contributed by atoms with van der Waals surface area (Å²) in [6.07, 6.45) is 1.30. The van der Waals surface area contributed by atoms with Crippen molar-refractivity contribution in [1.82, 2.24) is 0 Å². The topological polar surface area (TPSA) is 46.5 Å². The van der Waals surface area contributed by atoms with E-state index in [0.717, 1.165) is 0 Å². The Bertz CT molecular complexity index is 168. The Morgan fingerprint density at radius 1 is 1.50 bits per heavy atom. The monoisotopic (exact) mass is 208 g/mol. The minimum absolute atomic E-state index is 0.119. The first kappa shape index (κ1) is 11.9. The SMILES string of the molecule is O=C(OCCCCO)C(S)=CS. The number of thiol groups is 2. The summed E-state index contributed by atoms with van der Waals surface area (Å²) in [6.45, 7) is 0.429. The zero-order valence-corrected chi connectivity index (χ0v) is 8.35. The summed E-state index contributed by atoms with van der Waals surface area (Å²) in [7, 11) is 0. The molecular formula is C7H12O3S2. The van der Waals surface area contributed by atoms with Gasteiger partial charge in [-0.1, -0.05) is 0 Å². The first-order valence-corrected chi connectivity index (χ1v) is 4.50. The highest BCUT2D eigenvalue weighted by Crippen LogP contribution is 2.04. The molecule has 0 bridgehead atoms. The van der Waals surface area contributed by atoms with E-state index < -0.39 is 5.97 Å². The van der Waals surface area contributed by atoms with Gasteiger partial charge in [-0.15, -0.1) is 25.3 Å². The molecule has 3 nitrogen and oxygen atoms in total. The van der Waals surface area contributed by atoms with Gasteiger partial charge in [0.1, 0.15) is 0 Å². The van der Waals surface area contributed by atoms with Gasteiger partial charge in [-0.25, -0.2) is 4.79 Å². The second-order valence-electron chi connectivity index (χ2n) is 2.08. The van der Waals surface area contributed by atoms with Crippen molar-refractivity contribution in [3.8, 4) is 0 Å². The van der Waals surface area contributed by atoms with Gasteiger partial charge in [0.15, 0.2) is 0 Å². The van der Waals surface area contributed by atoms with E-state index in [9.17, 15) is 4.79 Å². The lowest BCUT2D eigenvalue weighted by atomic mass is 10.3. The van der Waals surface area contributed by atoms with E-state index in [0.29, 0.717) is 19.4 Å². The van der Waals surface area contributed by atoms with Gasteiger partial charge in [0.05, 0.1) is 11.5 Å². The Morgan fingerprint density at radius 3 is 2.67 bits per heavy atom. The molecule has 1 N–H and O–H groups in total. The number of unbranched alkanes of at least 4 members (excludes halogenated alkanes) is 1. The quantitative estimate of drug-likeness (QED) is 0.273. The molecule has 0 atom stereocenters. The summed E-state index contributed by atoms with van der Waals surface area (Å²) in [6, 6.07) is 0. The molecule has 5 heteroatoms. The lowest BCUT2D eigenvalue weighted by molar-refractivity contribution is -0.138. The smallest absolute Gasteiger partial charge is 0.344 e. The van der Waals surface area contributed by atoms with Crippen LogP contribution in [0.1, 0.15) is 12.8 Å². The number of aliphatic hydroxyl groups excluding tert-OH is 1. The van der Waals surface area contributed by atoms with E-state index in [1.807, 2.05) is 0 Å². The van der Waals surface area contributed by atoms with Crippen LogP contribution < -0.4 is 0 Å². The van der Waals surface area contributed by atoms with Crippen LogP contribution in [-0.2, 0) is 9.53 Å². The van der Waals surface area contributed by atoms with Gasteiger partial charge in [-0.3, -0.25) is 0 Å². The molecule has 0 aliphatic carbocycles. The van der Waals surface area contributed by atoms with E-state index in [2.05, 4.69) is 25.3 Å². The highest BCUT2D eigenvalue weighted by molar-refractivity contribution is 7.88. The average molecular weight is 208 g/mol. The molecule has 0 spiro atoms. The van der Waals surface area contributed by atoms with Gasteiger partial charge < -0.3 is 9.84 Å². The van der Waals surface area contributed by atoms with Crippen LogP contribution in [0.4, 0.5) is 0 Å². The molecule has 0 aliphatic heterocycles. The van der Waals surface area contributed by atoms with Crippen LogP contribution in [0.5, 0.6) is 0 Å². The third-order valence-electron chi connectivity index (χ3n) is 1.12. The Kier molecular flexibility index (Phi) is 7.43. The Balaban J connectivity index is 3.45. The van der Waals surface area contributed by atoms with Crippen LogP contribution in [-0.4, -0.2) is 24.3 Å². The van der Waals surface area contributed by atoms with Crippen molar-refractivity contribution in [2.24, 2.45) is 0 Å². The molecule has 0 unspecified atom stereocenters. The molecule has 0 aromatic rings. The first-order valence-electron chi connectivity index (χ1n) is 3.53. The second kappa shape index (κ2) is 7.52. The number of carbonyl (C=O) groups is 1. The fourth-order valence-electron chi connectivity index (χ4n) is 0.505. The highest BCUT2D eigenvalue weighted by Gasteiger charge is 2.04. The van der Waals surface area contributed by atoms with Gasteiger partial charge in [0, 0.05) is 6.61 Å². The van der Waals surface area contributed by atoms with Gasteiger partial charge in [0.2, 0.25) is 0 Å². The minimum Gasteiger partial charge on any atom is -0.462 e. The van der Waals surface area contributed by atoms with Gasteiger partial charge >= 0.3 is 5.97 Å². The fraction of sp³-hybridized carbons (Fsp3) is 0.571. The second-order valence-corrected chi connectivity index (χ2v) is 2.82. The summed E-state index contributed by atoms with van der Waals surface area (Å²) in [5.41, 5.74) is 0. The fourth-order valence-corrected chi connectivity index (χ4v) is 0.675. The van der Waals surface area contributed by atoms with Crippen LogP contribution in [0, 0.1) is 0 Å². The van der Waals surface area contributed by atoms with Crippen molar-refractivity contribution in [3.05, 3.63) is 10.3 Å². The molecular weight excluding hydrogens is 196 g/mol. The standard InChI is InChI=1S/C7H12O3S2/c8-3-1-2-4-10-7(9)6(12)5-11/h5,8,11-12H,1-4H2. The molecule has 0 rings (SSSR count). The van der Waals surface area contributed by atoms with Crippen LogP contribution in [0.3, 0.4) is 0 Å². The number of ether oxygens (including phenoxy) is 1. The molecule has 0 aromatic heterocycles. The average Bonchev–Trinajstić information content (AvgIpc) is 2.10. The van der Waals surface area contributed by atoms with E-state index in [1.165, 1.54) is 5.41 Å². The van der Waals surface area contributed by atoms with E-state index in [-0.39, 0.29) is 11.5 Å². The summed E-state index contributed by atoms with van der Waals surface area (Å²) in [4.78, 5) is 11.0. The van der Waals surface area contributed by atoms with Crippen LogP contribution in [0.2, 0.25) is 0 Å². The number of hydrogen-bond donors (Lipinski definition) is 3. The van der Waals surface area contributed by atoms with Crippen molar-refractivity contribution in [2.75, 3.05) is 13.2 Å². The molecule has 0 aliphatic rings. The van der Waals surface area contributed by atoms with Crippen LogP contribution >= 0.6 is 25.3 Å². The lowest BCUT2D eigenvalue weighted by Crippen LogP contribution is -2.05. The maximum Gasteiger partial charge on any atom is 0.344 e. The lowest BCUT2D eigenvalue weighted by Gasteiger charge is -2.02. The van der Waals surface area contributed by atoms with Crippen molar-refractivity contribution in [1.29, 1.82) is 0 Å². The molecule has 0 fully saturated rings. The minimum atomic E-state index is -0.480. The largest absolute Gasteiger partial charge is 0.462 e. The third kappa shape index (κ3) is 5.51. The number of carbonyl (C=O) groups excluding carboxylic acids is 1. The van der Waals surface area contributed by atoms with E-state index in [1.54, 1.807) is 0 Å². The number of rotatable bonds is 5. The normalized spacial score (nSPS) is 11.4. The zero-order chi connectivity index (χ0) is 9.40. The highest BCUT2D eigenvalue weighted by atomic mass is 32.1. The van der Waals surface area contributed by atoms with Gasteiger partial charge in [0.25, 0.3) is 0 Å². The maximum absolute atomic E-state index is 10.9. The Morgan fingerprint density at radius 2 is 2.17 bits per heavy atom. The molecule has 70 valence electrons.